The zero-order valence-corrected chi connectivity index (χ0v) is 7.88. The number of nitrogens with two attached hydrogens (primary N) is 2. The average Bonchev–Trinajstić information content (AvgIpc) is 2.00. The number of nitrogen functional groups attached to an aromatic ring is 1. The Hall–Kier alpha value is -1.76. The summed E-state index contributed by atoms with van der Waals surface area (Å²) in [6, 6.07) is 4.38. The van der Waals surface area contributed by atoms with E-state index in [0.717, 1.165) is 0 Å². The SMILES string of the molecule is NC1=NS(=O)(=O)c2ccc(N)cc2N1. The molecular formula is C7H8N4O2S. The van der Waals surface area contributed by atoms with E-state index in [-0.39, 0.29) is 10.9 Å². The van der Waals surface area contributed by atoms with Crippen LogP contribution in [0.2, 0.25) is 0 Å². The van der Waals surface area contributed by atoms with Crippen molar-refractivity contribution < 1.29 is 8.42 Å². The Morgan fingerprint density at radius 3 is 2.71 bits per heavy atom. The van der Waals surface area contributed by atoms with Crippen LogP contribution in [0.1, 0.15) is 0 Å². The highest BCUT2D eigenvalue weighted by molar-refractivity contribution is 7.90. The Balaban J connectivity index is 2.71. The second kappa shape index (κ2) is 2.61. The summed E-state index contributed by atoms with van der Waals surface area (Å²) < 4.78 is 26.2. The molecule has 0 unspecified atom stereocenters. The molecule has 0 atom stereocenters. The number of guanidine groups is 1. The molecule has 0 bridgehead atoms. The summed E-state index contributed by atoms with van der Waals surface area (Å²) in [5, 5.41) is 2.62. The van der Waals surface area contributed by atoms with Crippen molar-refractivity contribution in [1.82, 2.24) is 0 Å². The maximum absolute atomic E-state index is 11.4. The third-order valence-corrected chi connectivity index (χ3v) is 3.11. The summed E-state index contributed by atoms with van der Waals surface area (Å²) in [4.78, 5) is 0.0842. The minimum absolute atomic E-state index is 0.0842. The van der Waals surface area contributed by atoms with Gasteiger partial charge in [-0.1, -0.05) is 0 Å². The maximum Gasteiger partial charge on any atom is 0.287 e. The standard InChI is InChI=1S/C7H8N4O2S/c8-4-1-2-6-5(3-4)10-7(9)11-14(6,12)13/h1-3H,8H2,(H3,9,10,11). The van der Waals surface area contributed by atoms with Gasteiger partial charge in [-0.2, -0.15) is 8.42 Å². The molecule has 2 rings (SSSR count). The van der Waals surface area contributed by atoms with Crippen molar-refractivity contribution in [3.63, 3.8) is 0 Å². The molecule has 1 aromatic rings. The number of benzene rings is 1. The van der Waals surface area contributed by atoms with Crippen molar-refractivity contribution in [3.8, 4) is 0 Å². The molecule has 74 valence electrons. The van der Waals surface area contributed by atoms with Gasteiger partial charge in [-0.3, -0.25) is 0 Å². The van der Waals surface area contributed by atoms with Gasteiger partial charge in [0.15, 0.2) is 0 Å². The Kier molecular flexibility index (Phi) is 1.65. The van der Waals surface area contributed by atoms with Crippen LogP contribution in [-0.2, 0) is 10.0 Å². The number of fused-ring (bicyclic) bond motifs is 1. The molecule has 1 aliphatic heterocycles. The molecule has 0 fully saturated rings. The molecule has 5 N–H and O–H groups in total. The van der Waals surface area contributed by atoms with Crippen LogP contribution < -0.4 is 16.8 Å². The van der Waals surface area contributed by atoms with Gasteiger partial charge in [-0.05, 0) is 18.2 Å². The van der Waals surface area contributed by atoms with Crippen molar-refractivity contribution in [2.45, 2.75) is 4.90 Å². The zero-order chi connectivity index (χ0) is 10.3. The normalized spacial score (nSPS) is 17.9. The molecule has 1 aliphatic rings. The minimum atomic E-state index is -3.66. The van der Waals surface area contributed by atoms with Crippen molar-refractivity contribution in [1.29, 1.82) is 0 Å². The molecule has 0 spiro atoms. The van der Waals surface area contributed by atoms with Crippen LogP contribution in [-0.4, -0.2) is 14.4 Å². The maximum atomic E-state index is 11.4. The first-order valence-electron chi connectivity index (χ1n) is 3.76. The molecule has 0 amide bonds. The quantitative estimate of drug-likeness (QED) is 0.511. The van der Waals surface area contributed by atoms with E-state index in [9.17, 15) is 8.42 Å². The van der Waals surface area contributed by atoms with Gasteiger partial charge in [-0.25, -0.2) is 0 Å². The molecular weight excluding hydrogens is 204 g/mol. The fourth-order valence-electron chi connectivity index (χ4n) is 1.21. The molecule has 0 saturated carbocycles. The summed E-state index contributed by atoms with van der Waals surface area (Å²) in [5.74, 6) is -0.150. The summed E-state index contributed by atoms with van der Waals surface area (Å²) in [7, 11) is -3.66. The predicted molar refractivity (Wildman–Crippen MR) is 53.3 cm³/mol. The Morgan fingerprint density at radius 1 is 1.29 bits per heavy atom. The number of sulfonamides is 1. The van der Waals surface area contributed by atoms with Gasteiger partial charge in [0, 0.05) is 5.69 Å². The van der Waals surface area contributed by atoms with E-state index in [2.05, 4.69) is 9.71 Å². The van der Waals surface area contributed by atoms with Crippen LogP contribution in [0.3, 0.4) is 0 Å². The van der Waals surface area contributed by atoms with Gasteiger partial charge in [0.1, 0.15) is 4.90 Å². The molecule has 0 saturated heterocycles. The van der Waals surface area contributed by atoms with E-state index in [1.807, 2.05) is 0 Å². The highest BCUT2D eigenvalue weighted by Crippen LogP contribution is 2.27. The number of nitrogens with zero attached hydrogens (tertiary/aromatic N) is 1. The Morgan fingerprint density at radius 2 is 2.00 bits per heavy atom. The van der Waals surface area contributed by atoms with E-state index in [1.165, 1.54) is 18.2 Å². The first-order valence-corrected chi connectivity index (χ1v) is 5.20. The molecule has 0 aliphatic carbocycles. The Labute approximate surface area is 80.7 Å². The van der Waals surface area contributed by atoms with E-state index >= 15 is 0 Å². The lowest BCUT2D eigenvalue weighted by Crippen LogP contribution is -2.28. The predicted octanol–water partition coefficient (Wildman–Crippen LogP) is -0.302. The second-order valence-electron chi connectivity index (χ2n) is 2.83. The summed E-state index contributed by atoms with van der Waals surface area (Å²) in [6.07, 6.45) is 0. The lowest BCUT2D eigenvalue weighted by atomic mass is 10.3. The minimum Gasteiger partial charge on any atom is -0.399 e. The van der Waals surface area contributed by atoms with Crippen LogP contribution in [0.15, 0.2) is 27.5 Å². The molecule has 1 aromatic carbocycles. The molecule has 1 heterocycles. The van der Waals surface area contributed by atoms with Gasteiger partial charge in [0.2, 0.25) is 5.96 Å². The fraction of sp³-hybridized carbons (Fsp3) is 0. The molecule has 0 radical (unpaired) electrons. The molecule has 7 heteroatoms. The molecule has 14 heavy (non-hydrogen) atoms. The summed E-state index contributed by atoms with van der Waals surface area (Å²) in [5.41, 5.74) is 11.6. The smallest absolute Gasteiger partial charge is 0.287 e. The third kappa shape index (κ3) is 1.27. The van der Waals surface area contributed by atoms with Crippen LogP contribution in [0, 0.1) is 0 Å². The van der Waals surface area contributed by atoms with E-state index < -0.39 is 10.0 Å². The molecule has 0 aromatic heterocycles. The van der Waals surface area contributed by atoms with Gasteiger partial charge in [0.05, 0.1) is 5.69 Å². The Bertz CT molecular complexity index is 520. The van der Waals surface area contributed by atoms with Crippen LogP contribution in [0.4, 0.5) is 11.4 Å². The third-order valence-electron chi connectivity index (χ3n) is 1.76. The number of hydrogen-bond acceptors (Lipinski definition) is 5. The van der Waals surface area contributed by atoms with Gasteiger partial charge in [-0.15, -0.1) is 4.40 Å². The van der Waals surface area contributed by atoms with Crippen molar-refractivity contribution in [2.75, 3.05) is 11.1 Å². The number of hydrogen-bond donors (Lipinski definition) is 3. The zero-order valence-electron chi connectivity index (χ0n) is 7.06. The largest absolute Gasteiger partial charge is 0.399 e. The van der Waals surface area contributed by atoms with Crippen LogP contribution in [0.25, 0.3) is 0 Å². The van der Waals surface area contributed by atoms with Crippen LogP contribution in [0.5, 0.6) is 0 Å². The van der Waals surface area contributed by atoms with E-state index in [1.54, 1.807) is 0 Å². The first-order chi connectivity index (χ1) is 6.49. The van der Waals surface area contributed by atoms with E-state index in [0.29, 0.717) is 11.4 Å². The fourth-order valence-corrected chi connectivity index (χ4v) is 2.24. The van der Waals surface area contributed by atoms with Gasteiger partial charge < -0.3 is 16.8 Å². The topological polar surface area (TPSA) is 111 Å². The van der Waals surface area contributed by atoms with Crippen molar-refractivity contribution in [2.24, 2.45) is 10.1 Å². The second-order valence-corrected chi connectivity index (χ2v) is 4.40. The van der Waals surface area contributed by atoms with Crippen molar-refractivity contribution in [3.05, 3.63) is 18.2 Å². The van der Waals surface area contributed by atoms with E-state index in [4.69, 9.17) is 11.5 Å². The first kappa shape index (κ1) is 8.82. The van der Waals surface area contributed by atoms with Gasteiger partial charge >= 0.3 is 0 Å². The molecule has 6 nitrogen and oxygen atoms in total. The average molecular weight is 212 g/mol. The van der Waals surface area contributed by atoms with Crippen LogP contribution >= 0.6 is 0 Å². The number of rotatable bonds is 0. The lowest BCUT2D eigenvalue weighted by molar-refractivity contribution is 0.598. The number of nitrogens with one attached hydrogen (secondary N) is 1. The lowest BCUT2D eigenvalue weighted by Gasteiger charge is -2.15. The summed E-state index contributed by atoms with van der Waals surface area (Å²) >= 11 is 0. The number of anilines is 2. The highest BCUT2D eigenvalue weighted by atomic mass is 32.2. The van der Waals surface area contributed by atoms with Gasteiger partial charge in [0.25, 0.3) is 10.0 Å². The highest BCUT2D eigenvalue weighted by Gasteiger charge is 2.23. The van der Waals surface area contributed by atoms with Crippen molar-refractivity contribution >= 4 is 27.4 Å². The summed E-state index contributed by atoms with van der Waals surface area (Å²) in [6.45, 7) is 0. The monoisotopic (exact) mass is 212 g/mol.